The summed E-state index contributed by atoms with van der Waals surface area (Å²) in [5.74, 6) is -0.982. The summed E-state index contributed by atoms with van der Waals surface area (Å²) in [6, 6.07) is 1.68. The number of nitrogens with zero attached hydrogens (tertiary/aromatic N) is 2. The monoisotopic (exact) mass is 253 g/mol. The summed E-state index contributed by atoms with van der Waals surface area (Å²) in [4.78, 5) is 19.8. The summed E-state index contributed by atoms with van der Waals surface area (Å²) < 4.78 is 10.5. The van der Waals surface area contributed by atoms with E-state index >= 15 is 0 Å². The molecule has 100 valence electrons. The highest BCUT2D eigenvalue weighted by molar-refractivity contribution is 5.90. The molecule has 0 aliphatic heterocycles. The van der Waals surface area contributed by atoms with Crippen LogP contribution in [0.15, 0.2) is 12.3 Å². The van der Waals surface area contributed by atoms with Crippen LogP contribution in [0.3, 0.4) is 0 Å². The van der Waals surface area contributed by atoms with Crippen molar-refractivity contribution in [3.63, 3.8) is 0 Å². The van der Waals surface area contributed by atoms with Gasteiger partial charge in [0.05, 0.1) is 0 Å². The number of rotatable bonds is 5. The molecule has 0 spiro atoms. The predicted octanol–water partition coefficient (Wildman–Crippen LogP) is 1.54. The Labute approximate surface area is 107 Å². The van der Waals surface area contributed by atoms with Gasteiger partial charge in [-0.2, -0.15) is 0 Å². The van der Waals surface area contributed by atoms with Crippen LogP contribution in [0.4, 0.5) is 5.95 Å². The molecule has 6 nitrogen and oxygen atoms in total. The highest BCUT2D eigenvalue weighted by atomic mass is 16.7. The van der Waals surface area contributed by atoms with Gasteiger partial charge in [-0.15, -0.1) is 0 Å². The first-order chi connectivity index (χ1) is 8.42. The van der Waals surface area contributed by atoms with E-state index in [1.165, 1.54) is 14.2 Å². The van der Waals surface area contributed by atoms with Crippen molar-refractivity contribution >= 4 is 11.9 Å². The Morgan fingerprint density at radius 1 is 1.39 bits per heavy atom. The van der Waals surface area contributed by atoms with Gasteiger partial charge in [0.1, 0.15) is 5.69 Å². The zero-order valence-electron chi connectivity index (χ0n) is 11.4. The molecule has 18 heavy (non-hydrogen) atoms. The molecule has 0 fully saturated rings. The van der Waals surface area contributed by atoms with Crippen LogP contribution < -0.4 is 5.32 Å². The standard InChI is InChI=1S/C12H19N3O3/c1-8(2)10(16)15-11-13-7-6-9(14-11)12(3,17-4)18-5/h6-8H,1-5H3,(H,13,14,15,16). The lowest BCUT2D eigenvalue weighted by molar-refractivity contribution is -0.204. The maximum absolute atomic E-state index is 11.6. The van der Waals surface area contributed by atoms with E-state index in [9.17, 15) is 4.79 Å². The van der Waals surface area contributed by atoms with Gasteiger partial charge >= 0.3 is 0 Å². The Balaban J connectivity index is 2.96. The molecule has 1 amide bonds. The Hall–Kier alpha value is -1.53. The van der Waals surface area contributed by atoms with Crippen LogP contribution in [0.5, 0.6) is 0 Å². The van der Waals surface area contributed by atoms with Crippen LogP contribution >= 0.6 is 0 Å². The summed E-state index contributed by atoms with van der Waals surface area (Å²) >= 11 is 0. The van der Waals surface area contributed by atoms with E-state index in [4.69, 9.17) is 9.47 Å². The van der Waals surface area contributed by atoms with Crippen molar-refractivity contribution < 1.29 is 14.3 Å². The quantitative estimate of drug-likeness (QED) is 0.806. The number of aromatic nitrogens is 2. The molecule has 0 radical (unpaired) electrons. The lowest BCUT2D eigenvalue weighted by Crippen LogP contribution is -2.29. The van der Waals surface area contributed by atoms with Crippen molar-refractivity contribution in [2.75, 3.05) is 19.5 Å². The topological polar surface area (TPSA) is 73.3 Å². The first kappa shape index (κ1) is 14.5. The lowest BCUT2D eigenvalue weighted by Gasteiger charge is -2.25. The van der Waals surface area contributed by atoms with Crippen molar-refractivity contribution in [2.24, 2.45) is 5.92 Å². The van der Waals surface area contributed by atoms with Crippen molar-refractivity contribution in [3.05, 3.63) is 18.0 Å². The molecule has 0 aromatic carbocycles. The molecule has 0 saturated carbocycles. The molecule has 1 N–H and O–H groups in total. The van der Waals surface area contributed by atoms with E-state index in [1.807, 2.05) is 0 Å². The SMILES string of the molecule is COC(C)(OC)c1ccnc(NC(=O)C(C)C)n1. The smallest absolute Gasteiger partial charge is 0.229 e. The third kappa shape index (κ3) is 3.24. The van der Waals surface area contributed by atoms with E-state index in [-0.39, 0.29) is 17.8 Å². The number of hydrogen-bond donors (Lipinski definition) is 1. The molecule has 0 saturated heterocycles. The summed E-state index contributed by atoms with van der Waals surface area (Å²) in [6.07, 6.45) is 1.55. The molecule has 0 aliphatic rings. The average molecular weight is 253 g/mol. The maximum atomic E-state index is 11.6. The van der Waals surface area contributed by atoms with Gasteiger partial charge in [-0.05, 0) is 13.0 Å². The van der Waals surface area contributed by atoms with Crippen molar-refractivity contribution in [2.45, 2.75) is 26.6 Å². The third-order valence-electron chi connectivity index (χ3n) is 2.66. The normalized spacial score (nSPS) is 11.7. The molecular formula is C12H19N3O3. The van der Waals surface area contributed by atoms with Gasteiger partial charge in [0.15, 0.2) is 0 Å². The van der Waals surface area contributed by atoms with Crippen molar-refractivity contribution in [1.29, 1.82) is 0 Å². The highest BCUT2D eigenvalue weighted by Gasteiger charge is 2.28. The van der Waals surface area contributed by atoms with Crippen molar-refractivity contribution in [1.82, 2.24) is 9.97 Å². The zero-order valence-corrected chi connectivity index (χ0v) is 11.4. The fourth-order valence-electron chi connectivity index (χ4n) is 1.22. The Kier molecular flexibility index (Phi) is 4.75. The third-order valence-corrected chi connectivity index (χ3v) is 2.66. The Morgan fingerprint density at radius 3 is 2.50 bits per heavy atom. The molecule has 1 heterocycles. The van der Waals surface area contributed by atoms with Gasteiger partial charge in [-0.3, -0.25) is 10.1 Å². The fraction of sp³-hybridized carbons (Fsp3) is 0.583. The molecule has 0 unspecified atom stereocenters. The van der Waals surface area contributed by atoms with Crippen LogP contribution in [0.25, 0.3) is 0 Å². The molecule has 0 aliphatic carbocycles. The molecule has 0 bridgehead atoms. The summed E-state index contributed by atoms with van der Waals surface area (Å²) in [7, 11) is 3.05. The second-order valence-corrected chi connectivity index (χ2v) is 4.26. The number of methoxy groups -OCH3 is 2. The van der Waals surface area contributed by atoms with E-state index in [2.05, 4.69) is 15.3 Å². The summed E-state index contributed by atoms with van der Waals surface area (Å²) in [5, 5.41) is 2.63. The number of nitrogens with one attached hydrogen (secondary N) is 1. The van der Waals surface area contributed by atoms with Crippen LogP contribution in [0.1, 0.15) is 26.5 Å². The summed E-state index contributed by atoms with van der Waals surface area (Å²) in [6.45, 7) is 5.34. The van der Waals surface area contributed by atoms with E-state index in [0.29, 0.717) is 5.69 Å². The molecule has 1 rings (SSSR count). The first-order valence-electron chi connectivity index (χ1n) is 5.67. The van der Waals surface area contributed by atoms with E-state index in [0.717, 1.165) is 0 Å². The zero-order chi connectivity index (χ0) is 13.8. The van der Waals surface area contributed by atoms with E-state index < -0.39 is 5.79 Å². The lowest BCUT2D eigenvalue weighted by atomic mass is 10.2. The second-order valence-electron chi connectivity index (χ2n) is 4.26. The van der Waals surface area contributed by atoms with Gasteiger partial charge in [0.25, 0.3) is 0 Å². The van der Waals surface area contributed by atoms with Crippen molar-refractivity contribution in [3.8, 4) is 0 Å². The minimum Gasteiger partial charge on any atom is -0.348 e. The Morgan fingerprint density at radius 2 is 2.00 bits per heavy atom. The predicted molar refractivity (Wildman–Crippen MR) is 66.9 cm³/mol. The van der Waals surface area contributed by atoms with Crippen LogP contribution in [-0.4, -0.2) is 30.1 Å². The number of anilines is 1. The highest BCUT2D eigenvalue weighted by Crippen LogP contribution is 2.23. The van der Waals surface area contributed by atoms with Crippen LogP contribution in [0.2, 0.25) is 0 Å². The van der Waals surface area contributed by atoms with Crippen LogP contribution in [-0.2, 0) is 20.1 Å². The first-order valence-corrected chi connectivity index (χ1v) is 5.67. The molecule has 1 aromatic heterocycles. The molecule has 0 atom stereocenters. The van der Waals surface area contributed by atoms with Gasteiger partial charge in [0.2, 0.25) is 17.6 Å². The van der Waals surface area contributed by atoms with Gasteiger partial charge in [-0.25, -0.2) is 9.97 Å². The van der Waals surface area contributed by atoms with Crippen LogP contribution in [0, 0.1) is 5.92 Å². The summed E-state index contributed by atoms with van der Waals surface area (Å²) in [5.41, 5.74) is 0.543. The number of carbonyl (C=O) groups excluding carboxylic acids is 1. The number of amides is 1. The van der Waals surface area contributed by atoms with Gasteiger partial charge in [0, 0.05) is 26.3 Å². The fourth-order valence-corrected chi connectivity index (χ4v) is 1.22. The Bertz CT molecular complexity index is 417. The number of ether oxygens (including phenoxy) is 2. The van der Waals surface area contributed by atoms with Gasteiger partial charge < -0.3 is 9.47 Å². The molecule has 6 heteroatoms. The second kappa shape index (κ2) is 5.88. The molecular weight excluding hydrogens is 234 g/mol. The average Bonchev–Trinajstić information content (AvgIpc) is 2.38. The minimum atomic E-state index is -0.958. The minimum absolute atomic E-state index is 0.131. The maximum Gasteiger partial charge on any atom is 0.229 e. The van der Waals surface area contributed by atoms with Gasteiger partial charge in [-0.1, -0.05) is 13.8 Å². The number of hydrogen-bond acceptors (Lipinski definition) is 5. The number of carbonyl (C=O) groups is 1. The molecule has 1 aromatic rings. The largest absolute Gasteiger partial charge is 0.348 e. The van der Waals surface area contributed by atoms with E-state index in [1.54, 1.807) is 33.0 Å².